The van der Waals surface area contributed by atoms with Crippen LogP contribution in [0, 0.1) is 0 Å². The quantitative estimate of drug-likeness (QED) is 0.0205. The molecule has 0 bridgehead atoms. The van der Waals surface area contributed by atoms with Gasteiger partial charge >= 0.3 is 7.82 Å². The van der Waals surface area contributed by atoms with E-state index in [1.54, 1.807) is 0 Å². The molecule has 14 heteroatoms. The number of phosphoric acid groups is 1. The Morgan fingerprint density at radius 2 is 0.781 bits per heavy atom. The highest BCUT2D eigenvalue weighted by Gasteiger charge is 2.51. The lowest BCUT2D eigenvalue weighted by Gasteiger charge is -2.41. The van der Waals surface area contributed by atoms with Gasteiger partial charge in [-0.05, 0) is 12.8 Å². The number of carbonyl (C=O) groups is 1. The van der Waals surface area contributed by atoms with Crippen molar-refractivity contribution in [3.63, 3.8) is 0 Å². The van der Waals surface area contributed by atoms with Gasteiger partial charge in [-0.25, -0.2) is 4.57 Å². The Hall–Kier alpha value is -0.700. The minimum atomic E-state index is -5.16. The van der Waals surface area contributed by atoms with Crippen LogP contribution in [0.5, 0.6) is 0 Å². The molecular formula is C50H100NO12P. The van der Waals surface area contributed by atoms with Crippen molar-refractivity contribution in [1.29, 1.82) is 0 Å². The number of hydrogen-bond acceptors (Lipinski definition) is 11. The third-order valence-corrected chi connectivity index (χ3v) is 14.2. The minimum absolute atomic E-state index is 0.156. The third kappa shape index (κ3) is 30.6. The van der Waals surface area contributed by atoms with Gasteiger partial charge in [0.2, 0.25) is 5.91 Å². The second-order valence-electron chi connectivity index (χ2n) is 19.2. The zero-order valence-electron chi connectivity index (χ0n) is 40.7. The van der Waals surface area contributed by atoms with E-state index < -0.39 is 75.2 Å². The van der Waals surface area contributed by atoms with Crippen LogP contribution in [0.3, 0.4) is 0 Å². The van der Waals surface area contributed by atoms with Gasteiger partial charge in [-0.15, -0.1) is 0 Å². The van der Waals surface area contributed by atoms with Crippen LogP contribution in [0.2, 0.25) is 0 Å². The van der Waals surface area contributed by atoms with Crippen molar-refractivity contribution in [1.82, 2.24) is 5.32 Å². The smallest absolute Gasteiger partial charge is 0.390 e. The van der Waals surface area contributed by atoms with Crippen LogP contribution in [-0.2, 0) is 18.4 Å². The van der Waals surface area contributed by atoms with Crippen molar-refractivity contribution < 1.29 is 59.0 Å². The fraction of sp³-hybridized carbons (Fsp3) is 0.980. The third-order valence-electron chi connectivity index (χ3n) is 13.3. The molecule has 13 nitrogen and oxygen atoms in total. The Kier molecular flexibility index (Phi) is 38.5. The first-order valence-electron chi connectivity index (χ1n) is 26.6. The molecule has 0 heterocycles. The van der Waals surface area contributed by atoms with Gasteiger partial charge in [-0.2, -0.15) is 0 Å². The van der Waals surface area contributed by atoms with Crippen molar-refractivity contribution in [2.45, 2.75) is 306 Å². The molecule has 6 unspecified atom stereocenters. The first-order chi connectivity index (χ1) is 30.9. The molecule has 1 fully saturated rings. The second kappa shape index (κ2) is 40.2. The fourth-order valence-electron chi connectivity index (χ4n) is 8.89. The van der Waals surface area contributed by atoms with Crippen molar-refractivity contribution in [2.75, 3.05) is 6.61 Å². The van der Waals surface area contributed by atoms with Crippen molar-refractivity contribution in [3.05, 3.63) is 0 Å². The van der Waals surface area contributed by atoms with E-state index in [1.165, 1.54) is 173 Å². The van der Waals surface area contributed by atoms with Crippen molar-refractivity contribution >= 4 is 13.7 Å². The van der Waals surface area contributed by atoms with Crippen LogP contribution in [-0.4, -0.2) is 108 Å². The Morgan fingerprint density at radius 3 is 1.12 bits per heavy atom. The number of unbranched alkanes of at least 4 members (excludes halogenated alkanes) is 33. The van der Waals surface area contributed by atoms with E-state index in [4.69, 9.17) is 9.05 Å². The molecule has 1 rings (SSSR count). The van der Waals surface area contributed by atoms with Gasteiger partial charge in [0.05, 0.1) is 18.8 Å². The predicted octanol–water partition coefficient (Wildman–Crippen LogP) is 9.99. The van der Waals surface area contributed by atoms with Crippen LogP contribution in [0.4, 0.5) is 0 Å². The Balaban J connectivity index is 2.42. The molecule has 0 spiro atoms. The molecule has 0 aromatic carbocycles. The molecule has 0 aromatic heterocycles. The van der Waals surface area contributed by atoms with E-state index in [-0.39, 0.29) is 12.8 Å². The molecule has 1 saturated carbocycles. The number of aliphatic hydroxyl groups excluding tert-OH is 7. The Bertz CT molecular complexity index is 1110. The van der Waals surface area contributed by atoms with Gasteiger partial charge in [-0.1, -0.05) is 232 Å². The molecule has 0 radical (unpaired) electrons. The molecule has 0 saturated heterocycles. The molecule has 0 aliphatic heterocycles. The summed E-state index contributed by atoms with van der Waals surface area (Å²) in [5.74, 6) is -0.416. The standard InChI is InChI=1S/C50H100NO12P/c1-3-5-7-9-11-13-15-17-19-20-21-22-23-24-25-27-29-31-33-35-37-39-43(53)51-41(40-62-64(60,61)63-50-48(58)46(56)45(55)47(57)49(50)59)44(54)42(52)38-36-34-32-30-28-26-18-16-14-12-10-8-6-4-2/h41-42,44-50,52,54-59H,3-40H2,1-2H3,(H,51,53)(H,60,61)/t41-,42+,44-,45?,46+,47?,48?,49?,50?/m0/s1. The maximum Gasteiger partial charge on any atom is 0.472 e. The van der Waals surface area contributed by atoms with Crippen LogP contribution >= 0.6 is 7.82 Å². The number of rotatable bonds is 45. The van der Waals surface area contributed by atoms with Crippen molar-refractivity contribution in [2.24, 2.45) is 0 Å². The lowest BCUT2D eigenvalue weighted by Crippen LogP contribution is -2.64. The maximum atomic E-state index is 13.0. The normalized spacial score (nSPS) is 22.6. The van der Waals surface area contributed by atoms with E-state index in [0.29, 0.717) is 12.8 Å². The van der Waals surface area contributed by atoms with E-state index in [1.807, 2.05) is 0 Å². The van der Waals surface area contributed by atoms with Gasteiger partial charge < -0.3 is 46.0 Å². The summed E-state index contributed by atoms with van der Waals surface area (Å²) in [5, 5.41) is 75.1. The Morgan fingerprint density at radius 1 is 0.484 bits per heavy atom. The summed E-state index contributed by atoms with van der Waals surface area (Å²) in [6.45, 7) is 3.74. The summed E-state index contributed by atoms with van der Waals surface area (Å²) >= 11 is 0. The molecule has 1 amide bonds. The predicted molar refractivity (Wildman–Crippen MR) is 257 cm³/mol. The van der Waals surface area contributed by atoms with Crippen LogP contribution in [0.1, 0.15) is 251 Å². The number of phosphoric ester groups is 1. The van der Waals surface area contributed by atoms with E-state index in [9.17, 15) is 50.0 Å². The van der Waals surface area contributed by atoms with Crippen LogP contribution in [0.25, 0.3) is 0 Å². The molecule has 9 N–H and O–H groups in total. The topological polar surface area (TPSA) is 226 Å². The zero-order chi connectivity index (χ0) is 47.3. The summed E-state index contributed by atoms with van der Waals surface area (Å²) in [5.41, 5.74) is 0. The van der Waals surface area contributed by atoms with Gasteiger partial charge in [0, 0.05) is 6.42 Å². The van der Waals surface area contributed by atoms with E-state index in [2.05, 4.69) is 19.2 Å². The first kappa shape index (κ1) is 61.3. The molecule has 10 atom stereocenters. The highest BCUT2D eigenvalue weighted by Crippen LogP contribution is 2.47. The number of carbonyl (C=O) groups excluding carboxylic acids is 1. The number of amides is 1. The fourth-order valence-corrected chi connectivity index (χ4v) is 9.86. The van der Waals surface area contributed by atoms with Crippen molar-refractivity contribution in [3.8, 4) is 0 Å². The average molecular weight is 938 g/mol. The molecule has 1 aliphatic carbocycles. The summed E-state index contributed by atoms with van der Waals surface area (Å²) in [7, 11) is -5.16. The summed E-state index contributed by atoms with van der Waals surface area (Å²) < 4.78 is 23.0. The highest BCUT2D eigenvalue weighted by molar-refractivity contribution is 7.47. The summed E-state index contributed by atoms with van der Waals surface area (Å²) in [6, 6.07) is -1.30. The molecule has 1 aliphatic rings. The van der Waals surface area contributed by atoms with Gasteiger partial charge in [0.25, 0.3) is 0 Å². The molecule has 64 heavy (non-hydrogen) atoms. The summed E-state index contributed by atoms with van der Waals surface area (Å²) in [4.78, 5) is 23.5. The molecular weight excluding hydrogens is 838 g/mol. The SMILES string of the molecule is CCCCCCCCCCCCCCCCCCCCCCCC(=O)N[C@@H](COP(=O)(O)OC1C(O)C(O)C(O)[C@@H](O)C1O)[C@H](O)[C@H](O)CCCCCCCCCCCCCCCC. The zero-order valence-corrected chi connectivity index (χ0v) is 41.6. The van der Waals surface area contributed by atoms with Gasteiger partial charge in [-0.3, -0.25) is 13.8 Å². The largest absolute Gasteiger partial charge is 0.472 e. The maximum absolute atomic E-state index is 13.0. The van der Waals surface area contributed by atoms with Gasteiger partial charge in [0.15, 0.2) is 0 Å². The van der Waals surface area contributed by atoms with Crippen LogP contribution in [0.15, 0.2) is 0 Å². The van der Waals surface area contributed by atoms with E-state index >= 15 is 0 Å². The van der Waals surface area contributed by atoms with E-state index in [0.717, 1.165) is 38.5 Å². The average Bonchev–Trinajstić information content (AvgIpc) is 3.28. The Labute approximate surface area is 389 Å². The first-order valence-corrected chi connectivity index (χ1v) is 28.1. The molecule has 382 valence electrons. The highest BCUT2D eigenvalue weighted by atomic mass is 31.2. The summed E-state index contributed by atoms with van der Waals surface area (Å²) in [6.07, 6.45) is 28.5. The lowest BCUT2D eigenvalue weighted by atomic mass is 9.85. The molecule has 0 aromatic rings. The lowest BCUT2D eigenvalue weighted by molar-refractivity contribution is -0.220. The van der Waals surface area contributed by atoms with Gasteiger partial charge in [0.1, 0.15) is 42.7 Å². The minimum Gasteiger partial charge on any atom is -0.390 e. The number of aliphatic hydroxyl groups is 7. The monoisotopic (exact) mass is 938 g/mol. The van der Waals surface area contributed by atoms with Crippen LogP contribution < -0.4 is 5.32 Å². The number of hydrogen-bond donors (Lipinski definition) is 9. The second-order valence-corrected chi connectivity index (χ2v) is 20.6. The number of nitrogens with one attached hydrogen (secondary N) is 1.